The summed E-state index contributed by atoms with van der Waals surface area (Å²) in [6.07, 6.45) is 3.50. The van der Waals surface area contributed by atoms with Crippen LogP contribution in [0.5, 0.6) is 0 Å². The number of ether oxygens (including phenoxy) is 1. The number of benzene rings is 1. The number of esters is 1. The van der Waals surface area contributed by atoms with Gasteiger partial charge in [-0.1, -0.05) is 18.6 Å². The summed E-state index contributed by atoms with van der Waals surface area (Å²) in [5, 5.41) is 7.78. The monoisotopic (exact) mass is 274 g/mol. The van der Waals surface area contributed by atoms with E-state index in [1.165, 1.54) is 0 Å². The predicted octanol–water partition coefficient (Wildman–Crippen LogP) is 1.68. The number of hydrogen-bond acceptors (Lipinski definition) is 5. The number of nitrogens with two attached hydrogens (primary N) is 1. The van der Waals surface area contributed by atoms with Crippen molar-refractivity contribution in [1.29, 1.82) is 0 Å². The molecule has 0 fully saturated rings. The Balaban J connectivity index is 2.08. The van der Waals surface area contributed by atoms with Gasteiger partial charge in [0, 0.05) is 6.54 Å². The molecule has 1 aromatic carbocycles. The minimum Gasteiger partial charge on any atom is -0.462 e. The first-order valence-corrected chi connectivity index (χ1v) is 6.63. The number of aromatic nitrogens is 3. The van der Waals surface area contributed by atoms with Crippen LogP contribution < -0.4 is 5.73 Å². The maximum atomic E-state index is 11.8. The van der Waals surface area contributed by atoms with Gasteiger partial charge in [0.25, 0.3) is 0 Å². The highest BCUT2D eigenvalue weighted by atomic mass is 16.5. The third-order valence-corrected chi connectivity index (χ3v) is 2.91. The fraction of sp³-hybridized carbons (Fsp3) is 0.357. The molecular formula is C14H18N4O2. The van der Waals surface area contributed by atoms with Gasteiger partial charge in [-0.25, -0.2) is 9.48 Å². The molecule has 0 aliphatic heterocycles. The van der Waals surface area contributed by atoms with Crippen LogP contribution in [0.25, 0.3) is 5.69 Å². The van der Waals surface area contributed by atoms with Crippen LogP contribution in [0.15, 0.2) is 30.5 Å². The molecular weight excluding hydrogens is 256 g/mol. The molecule has 0 saturated carbocycles. The Bertz CT molecular complexity index is 563. The number of rotatable bonds is 6. The van der Waals surface area contributed by atoms with Gasteiger partial charge in [0.05, 0.1) is 29.7 Å². The van der Waals surface area contributed by atoms with Crippen LogP contribution in [-0.2, 0) is 11.3 Å². The zero-order chi connectivity index (χ0) is 14.4. The quantitative estimate of drug-likeness (QED) is 0.640. The molecule has 2 N–H and O–H groups in total. The van der Waals surface area contributed by atoms with Gasteiger partial charge >= 0.3 is 5.97 Å². The largest absolute Gasteiger partial charge is 0.462 e. The topological polar surface area (TPSA) is 83.0 Å². The molecule has 0 atom stereocenters. The van der Waals surface area contributed by atoms with Gasteiger partial charge in [-0.3, -0.25) is 0 Å². The molecule has 106 valence electrons. The molecule has 20 heavy (non-hydrogen) atoms. The van der Waals surface area contributed by atoms with E-state index in [0.717, 1.165) is 24.2 Å². The van der Waals surface area contributed by atoms with Crippen molar-refractivity contribution in [3.8, 4) is 5.69 Å². The summed E-state index contributed by atoms with van der Waals surface area (Å²) in [7, 11) is 0. The number of hydrogen-bond donors (Lipinski definition) is 1. The molecule has 1 aromatic heterocycles. The molecule has 0 saturated heterocycles. The van der Waals surface area contributed by atoms with Gasteiger partial charge in [0.1, 0.15) is 0 Å². The van der Waals surface area contributed by atoms with Crippen molar-refractivity contribution in [2.24, 2.45) is 5.73 Å². The summed E-state index contributed by atoms with van der Waals surface area (Å²) in [5.41, 5.74) is 7.75. The van der Waals surface area contributed by atoms with Crippen LogP contribution in [-0.4, -0.2) is 27.6 Å². The molecule has 2 rings (SSSR count). The third-order valence-electron chi connectivity index (χ3n) is 2.91. The molecule has 0 amide bonds. The lowest BCUT2D eigenvalue weighted by atomic mass is 10.2. The van der Waals surface area contributed by atoms with E-state index in [1.807, 2.05) is 0 Å². The van der Waals surface area contributed by atoms with Crippen LogP contribution in [0, 0.1) is 0 Å². The van der Waals surface area contributed by atoms with Crippen LogP contribution in [0.4, 0.5) is 0 Å². The van der Waals surface area contributed by atoms with E-state index in [4.69, 9.17) is 10.5 Å². The molecule has 2 aromatic rings. The number of unbranched alkanes of at least 4 members (excludes halogenated alkanes) is 1. The Hall–Kier alpha value is -2.21. The minimum absolute atomic E-state index is 0.303. The highest BCUT2D eigenvalue weighted by molar-refractivity contribution is 5.89. The summed E-state index contributed by atoms with van der Waals surface area (Å²) in [5.74, 6) is -0.303. The van der Waals surface area contributed by atoms with Crippen molar-refractivity contribution in [3.05, 3.63) is 41.7 Å². The average molecular weight is 274 g/mol. The van der Waals surface area contributed by atoms with E-state index in [2.05, 4.69) is 17.2 Å². The minimum atomic E-state index is -0.303. The first-order chi connectivity index (χ1) is 9.76. The Morgan fingerprint density at radius 3 is 2.75 bits per heavy atom. The van der Waals surface area contributed by atoms with Crippen LogP contribution in [0.2, 0.25) is 0 Å². The van der Waals surface area contributed by atoms with Crippen molar-refractivity contribution in [2.45, 2.75) is 26.3 Å². The number of nitrogens with zero attached hydrogens (tertiary/aromatic N) is 3. The van der Waals surface area contributed by atoms with Crippen molar-refractivity contribution < 1.29 is 9.53 Å². The van der Waals surface area contributed by atoms with Crippen LogP contribution >= 0.6 is 0 Å². The average Bonchev–Trinajstić information content (AvgIpc) is 2.96. The van der Waals surface area contributed by atoms with Gasteiger partial charge < -0.3 is 10.5 Å². The maximum absolute atomic E-state index is 11.8. The van der Waals surface area contributed by atoms with Crippen LogP contribution in [0.1, 0.15) is 35.8 Å². The second-order valence-corrected chi connectivity index (χ2v) is 4.38. The van der Waals surface area contributed by atoms with Crippen molar-refractivity contribution >= 4 is 5.97 Å². The van der Waals surface area contributed by atoms with E-state index in [-0.39, 0.29) is 5.97 Å². The summed E-state index contributed by atoms with van der Waals surface area (Å²) in [6, 6.07) is 7.02. The summed E-state index contributed by atoms with van der Waals surface area (Å²) < 4.78 is 6.80. The molecule has 6 nitrogen and oxygen atoms in total. The van der Waals surface area contributed by atoms with E-state index in [1.54, 1.807) is 35.1 Å². The fourth-order valence-corrected chi connectivity index (χ4v) is 1.74. The molecule has 0 aliphatic rings. The molecule has 0 unspecified atom stereocenters. The molecule has 0 radical (unpaired) electrons. The molecule has 6 heteroatoms. The SMILES string of the molecule is CCCCOC(=O)c1ccc(-n2nncc2CN)cc1. The molecule has 1 heterocycles. The van der Waals surface area contributed by atoms with E-state index in [9.17, 15) is 4.79 Å². The summed E-state index contributed by atoms with van der Waals surface area (Å²) in [6.45, 7) is 2.86. The van der Waals surface area contributed by atoms with Gasteiger partial charge in [-0.05, 0) is 30.7 Å². The first-order valence-electron chi connectivity index (χ1n) is 6.63. The highest BCUT2D eigenvalue weighted by Gasteiger charge is 2.09. The van der Waals surface area contributed by atoms with Gasteiger partial charge in [-0.15, -0.1) is 5.10 Å². The highest BCUT2D eigenvalue weighted by Crippen LogP contribution is 2.11. The molecule has 0 aliphatic carbocycles. The zero-order valence-electron chi connectivity index (χ0n) is 11.5. The zero-order valence-corrected chi connectivity index (χ0v) is 11.5. The van der Waals surface area contributed by atoms with Gasteiger partial charge in [0.15, 0.2) is 0 Å². The Kier molecular flexibility index (Phi) is 4.84. The van der Waals surface area contributed by atoms with E-state index >= 15 is 0 Å². The maximum Gasteiger partial charge on any atom is 0.338 e. The van der Waals surface area contributed by atoms with Crippen molar-refractivity contribution in [3.63, 3.8) is 0 Å². The summed E-state index contributed by atoms with van der Waals surface area (Å²) >= 11 is 0. The van der Waals surface area contributed by atoms with E-state index in [0.29, 0.717) is 18.7 Å². The van der Waals surface area contributed by atoms with Crippen LogP contribution in [0.3, 0.4) is 0 Å². The van der Waals surface area contributed by atoms with Crippen molar-refractivity contribution in [1.82, 2.24) is 15.0 Å². The lowest BCUT2D eigenvalue weighted by molar-refractivity contribution is 0.0500. The Labute approximate surface area is 117 Å². The first kappa shape index (κ1) is 14.2. The number of carbonyl (C=O) groups is 1. The normalized spacial score (nSPS) is 10.5. The van der Waals surface area contributed by atoms with Gasteiger partial charge in [-0.2, -0.15) is 0 Å². The number of carbonyl (C=O) groups excluding carboxylic acids is 1. The Morgan fingerprint density at radius 2 is 2.10 bits per heavy atom. The third kappa shape index (κ3) is 3.21. The lowest BCUT2D eigenvalue weighted by Gasteiger charge is -2.06. The Morgan fingerprint density at radius 1 is 1.35 bits per heavy atom. The lowest BCUT2D eigenvalue weighted by Crippen LogP contribution is -2.08. The second kappa shape index (κ2) is 6.81. The van der Waals surface area contributed by atoms with Gasteiger partial charge in [0.2, 0.25) is 0 Å². The molecule has 0 spiro atoms. The predicted molar refractivity (Wildman–Crippen MR) is 74.4 cm³/mol. The summed E-state index contributed by atoms with van der Waals surface area (Å²) in [4.78, 5) is 11.8. The standard InChI is InChI=1S/C14H18N4O2/c1-2-3-8-20-14(19)11-4-6-12(7-5-11)18-13(9-15)10-16-17-18/h4-7,10H,2-3,8-9,15H2,1H3. The van der Waals surface area contributed by atoms with E-state index < -0.39 is 0 Å². The molecule has 0 bridgehead atoms. The smallest absolute Gasteiger partial charge is 0.338 e. The van der Waals surface area contributed by atoms with Crippen molar-refractivity contribution in [2.75, 3.05) is 6.61 Å². The fourth-order valence-electron chi connectivity index (χ4n) is 1.74. The second-order valence-electron chi connectivity index (χ2n) is 4.38.